The first-order valence-corrected chi connectivity index (χ1v) is 10.1. The van der Waals surface area contributed by atoms with Crippen LogP contribution in [0.2, 0.25) is 0 Å². The second kappa shape index (κ2) is 7.71. The Balaban J connectivity index is 1.35. The largest absolute Gasteiger partial charge is 0.362 e. The predicted octanol–water partition coefficient (Wildman–Crippen LogP) is 3.19. The van der Waals surface area contributed by atoms with Gasteiger partial charge in [-0.2, -0.15) is 4.98 Å². The molecule has 2 saturated carbocycles. The van der Waals surface area contributed by atoms with Crippen molar-refractivity contribution in [1.82, 2.24) is 15.3 Å². The number of benzene rings is 1. The van der Waals surface area contributed by atoms with Crippen LogP contribution in [0.4, 0.5) is 11.8 Å². The summed E-state index contributed by atoms with van der Waals surface area (Å²) < 4.78 is 0. The minimum absolute atomic E-state index is 0.260. The Morgan fingerprint density at radius 3 is 2.52 bits per heavy atom. The van der Waals surface area contributed by atoms with E-state index < -0.39 is 0 Å². The molecule has 0 saturated heterocycles. The molecule has 0 unspecified atom stereocenters. The van der Waals surface area contributed by atoms with Crippen molar-refractivity contribution in [3.8, 4) is 0 Å². The van der Waals surface area contributed by atoms with Crippen molar-refractivity contribution in [3.63, 3.8) is 0 Å². The predicted molar refractivity (Wildman–Crippen MR) is 109 cm³/mol. The number of anilines is 2. The van der Waals surface area contributed by atoms with Crippen LogP contribution < -0.4 is 15.5 Å². The van der Waals surface area contributed by atoms with E-state index in [1.807, 2.05) is 37.2 Å². The summed E-state index contributed by atoms with van der Waals surface area (Å²) in [4.78, 5) is 23.3. The van der Waals surface area contributed by atoms with E-state index in [0.29, 0.717) is 23.8 Å². The van der Waals surface area contributed by atoms with Crippen LogP contribution in [0.1, 0.15) is 38.5 Å². The lowest BCUT2D eigenvalue weighted by atomic mass is 9.86. The van der Waals surface area contributed by atoms with Gasteiger partial charge < -0.3 is 15.5 Å². The number of carbonyl (C=O) groups excluding carboxylic acids is 1. The molecule has 0 atom stereocenters. The molecular weight excluding hydrogens is 338 g/mol. The average Bonchev–Trinajstić information content (AvgIpc) is 3.52. The van der Waals surface area contributed by atoms with Gasteiger partial charge in [-0.05, 0) is 56.6 Å². The normalized spacial score (nSPS) is 22.4. The second-order valence-corrected chi connectivity index (χ2v) is 8.16. The van der Waals surface area contributed by atoms with Crippen molar-refractivity contribution in [1.29, 1.82) is 0 Å². The molecule has 2 fully saturated rings. The van der Waals surface area contributed by atoms with Gasteiger partial charge in [0.25, 0.3) is 0 Å². The molecular formula is C21H29N5O. The van der Waals surface area contributed by atoms with Gasteiger partial charge in [-0.25, -0.2) is 4.98 Å². The number of para-hydroxylation sites is 1. The fourth-order valence-electron chi connectivity index (χ4n) is 3.89. The van der Waals surface area contributed by atoms with Crippen molar-refractivity contribution in [2.45, 2.75) is 44.6 Å². The molecule has 2 aromatic rings. The number of nitrogens with one attached hydrogen (secondary N) is 2. The first-order chi connectivity index (χ1) is 13.1. The molecule has 1 aromatic heterocycles. The van der Waals surface area contributed by atoms with Gasteiger partial charge in [0.05, 0.1) is 5.52 Å². The third-order valence-corrected chi connectivity index (χ3v) is 5.70. The molecule has 0 spiro atoms. The molecule has 2 aliphatic rings. The number of amides is 1. The number of carbonyl (C=O) groups is 1. The zero-order chi connectivity index (χ0) is 18.8. The summed E-state index contributed by atoms with van der Waals surface area (Å²) >= 11 is 0. The van der Waals surface area contributed by atoms with Crippen LogP contribution in [0.3, 0.4) is 0 Å². The lowest BCUT2D eigenvalue weighted by Gasteiger charge is -2.29. The van der Waals surface area contributed by atoms with Crippen LogP contribution in [0.5, 0.6) is 0 Å². The van der Waals surface area contributed by atoms with Crippen LogP contribution in [-0.2, 0) is 4.79 Å². The number of hydrogen-bond acceptors (Lipinski definition) is 5. The SMILES string of the molecule is CN(C)c1nc(N[C@H]2CC[C@@H](CNC(=O)C3CC3)CC2)nc2ccccc12. The van der Waals surface area contributed by atoms with Gasteiger partial charge in [-0.3, -0.25) is 4.79 Å². The summed E-state index contributed by atoms with van der Waals surface area (Å²) in [7, 11) is 4.03. The second-order valence-electron chi connectivity index (χ2n) is 8.16. The molecule has 1 amide bonds. The molecule has 2 N–H and O–H groups in total. The zero-order valence-corrected chi connectivity index (χ0v) is 16.2. The van der Waals surface area contributed by atoms with Gasteiger partial charge in [0, 0.05) is 38.0 Å². The summed E-state index contributed by atoms with van der Waals surface area (Å²) in [6.45, 7) is 0.833. The van der Waals surface area contributed by atoms with E-state index in [2.05, 4.69) is 16.7 Å². The molecule has 0 radical (unpaired) electrons. The van der Waals surface area contributed by atoms with E-state index in [-0.39, 0.29) is 5.91 Å². The van der Waals surface area contributed by atoms with Crippen molar-refractivity contribution in [2.75, 3.05) is 30.9 Å². The molecule has 0 bridgehead atoms. The Kier molecular flexibility index (Phi) is 5.14. The number of rotatable bonds is 6. The Hall–Kier alpha value is -2.37. The van der Waals surface area contributed by atoms with Gasteiger partial charge in [-0.1, -0.05) is 12.1 Å². The maximum atomic E-state index is 11.8. The van der Waals surface area contributed by atoms with E-state index in [9.17, 15) is 4.79 Å². The minimum Gasteiger partial charge on any atom is -0.362 e. The van der Waals surface area contributed by atoms with E-state index in [1.54, 1.807) is 0 Å². The van der Waals surface area contributed by atoms with E-state index >= 15 is 0 Å². The summed E-state index contributed by atoms with van der Waals surface area (Å²) in [5.41, 5.74) is 0.968. The summed E-state index contributed by atoms with van der Waals surface area (Å²) in [6, 6.07) is 8.54. The maximum Gasteiger partial charge on any atom is 0.225 e. The highest BCUT2D eigenvalue weighted by atomic mass is 16.2. The van der Waals surface area contributed by atoms with Gasteiger partial charge in [0.15, 0.2) is 0 Å². The smallest absolute Gasteiger partial charge is 0.225 e. The molecule has 6 heteroatoms. The van der Waals surface area contributed by atoms with Crippen molar-refractivity contribution in [3.05, 3.63) is 24.3 Å². The molecule has 4 rings (SSSR count). The van der Waals surface area contributed by atoms with Gasteiger partial charge in [0.2, 0.25) is 11.9 Å². The van der Waals surface area contributed by atoms with Crippen molar-refractivity contribution in [2.24, 2.45) is 11.8 Å². The average molecular weight is 367 g/mol. The standard InChI is InChI=1S/C21H29N5O/c1-26(2)19-17-5-3-4-6-18(17)24-21(25-19)23-16-11-7-14(8-12-16)13-22-20(27)15-9-10-15/h3-6,14-16H,7-13H2,1-2H3,(H,22,27)(H,23,24,25)/t14-,16+. The third-order valence-electron chi connectivity index (χ3n) is 5.70. The van der Waals surface area contributed by atoms with E-state index in [1.165, 1.54) is 0 Å². The monoisotopic (exact) mass is 367 g/mol. The molecule has 1 aromatic carbocycles. The third kappa shape index (κ3) is 4.31. The molecule has 27 heavy (non-hydrogen) atoms. The molecule has 144 valence electrons. The summed E-state index contributed by atoms with van der Waals surface area (Å²) in [5, 5.41) is 7.75. The van der Waals surface area contributed by atoms with E-state index in [0.717, 1.165) is 61.8 Å². The highest BCUT2D eigenvalue weighted by molar-refractivity contribution is 5.90. The van der Waals surface area contributed by atoms with Gasteiger partial charge in [-0.15, -0.1) is 0 Å². The highest BCUT2D eigenvalue weighted by Gasteiger charge is 2.30. The number of aromatic nitrogens is 2. The zero-order valence-electron chi connectivity index (χ0n) is 16.2. The minimum atomic E-state index is 0.260. The highest BCUT2D eigenvalue weighted by Crippen LogP contribution is 2.30. The first kappa shape index (κ1) is 18.0. The Morgan fingerprint density at radius 2 is 1.81 bits per heavy atom. The molecule has 2 aliphatic carbocycles. The quantitative estimate of drug-likeness (QED) is 0.820. The van der Waals surface area contributed by atoms with Crippen molar-refractivity contribution < 1.29 is 4.79 Å². The number of hydrogen-bond donors (Lipinski definition) is 2. The topological polar surface area (TPSA) is 70.2 Å². The van der Waals surface area contributed by atoms with Crippen LogP contribution in [-0.4, -0.2) is 42.6 Å². The van der Waals surface area contributed by atoms with Gasteiger partial charge in [0.1, 0.15) is 5.82 Å². The number of fused-ring (bicyclic) bond motifs is 1. The number of nitrogens with zero attached hydrogens (tertiary/aromatic N) is 3. The van der Waals surface area contributed by atoms with Crippen LogP contribution in [0.25, 0.3) is 10.9 Å². The van der Waals surface area contributed by atoms with Crippen molar-refractivity contribution >= 4 is 28.6 Å². The first-order valence-electron chi connectivity index (χ1n) is 10.1. The summed E-state index contributed by atoms with van der Waals surface area (Å²) in [6.07, 6.45) is 6.61. The van der Waals surface area contributed by atoms with Crippen LogP contribution >= 0.6 is 0 Å². The Labute approximate surface area is 160 Å². The fourth-order valence-corrected chi connectivity index (χ4v) is 3.89. The maximum absolute atomic E-state index is 11.8. The molecule has 0 aliphatic heterocycles. The molecule has 6 nitrogen and oxygen atoms in total. The van der Waals surface area contributed by atoms with Crippen LogP contribution in [0, 0.1) is 11.8 Å². The lowest BCUT2D eigenvalue weighted by molar-refractivity contribution is -0.122. The Morgan fingerprint density at radius 1 is 1.07 bits per heavy atom. The van der Waals surface area contributed by atoms with Gasteiger partial charge >= 0.3 is 0 Å². The van der Waals surface area contributed by atoms with Crippen LogP contribution in [0.15, 0.2) is 24.3 Å². The molecule has 1 heterocycles. The summed E-state index contributed by atoms with van der Waals surface area (Å²) in [5.74, 6) is 2.82. The van der Waals surface area contributed by atoms with E-state index in [4.69, 9.17) is 9.97 Å². The lowest BCUT2D eigenvalue weighted by Crippen LogP contribution is -2.34. The Bertz CT molecular complexity index is 809. The fraction of sp³-hybridized carbons (Fsp3) is 0.571.